The highest BCUT2D eigenvalue weighted by Crippen LogP contribution is 2.29. The Bertz CT molecular complexity index is 589. The fourth-order valence-corrected chi connectivity index (χ4v) is 2.57. The van der Waals surface area contributed by atoms with Gasteiger partial charge in [0.1, 0.15) is 5.75 Å². The third-order valence-corrected chi connectivity index (χ3v) is 3.74. The molecule has 1 atom stereocenters. The van der Waals surface area contributed by atoms with Crippen molar-refractivity contribution < 1.29 is 4.74 Å². The number of aromatic nitrogens is 3. The molecule has 2 rings (SSSR count). The average molecular weight is 273 g/mol. The van der Waals surface area contributed by atoms with Gasteiger partial charge in [-0.1, -0.05) is 18.2 Å². The van der Waals surface area contributed by atoms with Crippen molar-refractivity contribution >= 4 is 0 Å². The van der Waals surface area contributed by atoms with Crippen LogP contribution in [0.1, 0.15) is 42.1 Å². The van der Waals surface area contributed by atoms with Crippen molar-refractivity contribution in [1.82, 2.24) is 15.0 Å². The van der Waals surface area contributed by atoms with Crippen LogP contribution in [0.15, 0.2) is 18.3 Å². The number of benzene rings is 1. The first-order valence-corrected chi connectivity index (χ1v) is 7.09. The Labute approximate surface area is 120 Å². The standard InChI is InChI=1S/C16H23N3O/c1-6-19-10-14(17-18-19)7-11(2)15-8-13(4)16(20-5)9-12(15)3/h8-11H,6-7H2,1-5H3. The van der Waals surface area contributed by atoms with E-state index in [0.29, 0.717) is 5.92 Å². The minimum Gasteiger partial charge on any atom is -0.496 e. The van der Waals surface area contributed by atoms with E-state index in [1.807, 2.05) is 10.9 Å². The van der Waals surface area contributed by atoms with E-state index >= 15 is 0 Å². The van der Waals surface area contributed by atoms with Gasteiger partial charge in [0.15, 0.2) is 0 Å². The summed E-state index contributed by atoms with van der Waals surface area (Å²) in [6.45, 7) is 9.39. The Morgan fingerprint density at radius 3 is 2.60 bits per heavy atom. The summed E-state index contributed by atoms with van der Waals surface area (Å²) < 4.78 is 7.24. The second kappa shape index (κ2) is 6.07. The predicted octanol–water partition coefficient (Wildman–Crippen LogP) is 3.27. The Morgan fingerprint density at radius 2 is 2.00 bits per heavy atom. The lowest BCUT2D eigenvalue weighted by atomic mass is 9.91. The van der Waals surface area contributed by atoms with Gasteiger partial charge in [-0.3, -0.25) is 4.68 Å². The molecule has 0 bridgehead atoms. The molecular formula is C16H23N3O. The molecule has 1 aromatic carbocycles. The van der Waals surface area contributed by atoms with Crippen LogP contribution in [-0.2, 0) is 13.0 Å². The number of hydrogen-bond acceptors (Lipinski definition) is 3. The van der Waals surface area contributed by atoms with E-state index in [1.165, 1.54) is 16.7 Å². The summed E-state index contributed by atoms with van der Waals surface area (Å²) in [7, 11) is 1.72. The SMILES string of the molecule is CCn1cc(CC(C)c2cc(C)c(OC)cc2C)nn1. The molecule has 0 saturated heterocycles. The Balaban J connectivity index is 2.20. The topological polar surface area (TPSA) is 39.9 Å². The summed E-state index contributed by atoms with van der Waals surface area (Å²) in [5, 5.41) is 8.32. The van der Waals surface area contributed by atoms with Crippen LogP contribution in [0.25, 0.3) is 0 Å². The molecule has 0 amide bonds. The van der Waals surface area contributed by atoms with Crippen LogP contribution in [0.4, 0.5) is 0 Å². The highest BCUT2D eigenvalue weighted by molar-refractivity contribution is 5.43. The van der Waals surface area contributed by atoms with Crippen LogP contribution in [-0.4, -0.2) is 22.1 Å². The van der Waals surface area contributed by atoms with Crippen LogP contribution in [0.3, 0.4) is 0 Å². The van der Waals surface area contributed by atoms with Crippen LogP contribution in [0, 0.1) is 13.8 Å². The van der Waals surface area contributed by atoms with Crippen molar-refractivity contribution in [3.05, 3.63) is 40.7 Å². The first-order chi connectivity index (χ1) is 9.55. The maximum atomic E-state index is 5.37. The highest BCUT2D eigenvalue weighted by Gasteiger charge is 2.14. The van der Waals surface area contributed by atoms with Gasteiger partial charge in [0.25, 0.3) is 0 Å². The molecule has 4 heteroatoms. The van der Waals surface area contributed by atoms with Crippen LogP contribution in [0.5, 0.6) is 5.75 Å². The summed E-state index contributed by atoms with van der Waals surface area (Å²) in [6, 6.07) is 4.34. The van der Waals surface area contributed by atoms with Gasteiger partial charge in [0, 0.05) is 12.7 Å². The van der Waals surface area contributed by atoms with Gasteiger partial charge in [0.05, 0.1) is 12.8 Å². The number of nitrogens with zero attached hydrogens (tertiary/aromatic N) is 3. The predicted molar refractivity (Wildman–Crippen MR) is 80.3 cm³/mol. The average Bonchev–Trinajstić information content (AvgIpc) is 2.88. The van der Waals surface area contributed by atoms with Crippen molar-refractivity contribution in [2.75, 3.05) is 7.11 Å². The first kappa shape index (κ1) is 14.6. The fraction of sp³-hybridized carbons (Fsp3) is 0.500. The third-order valence-electron chi connectivity index (χ3n) is 3.74. The largest absolute Gasteiger partial charge is 0.496 e. The number of rotatable bonds is 5. The molecule has 20 heavy (non-hydrogen) atoms. The van der Waals surface area contributed by atoms with Gasteiger partial charge in [0.2, 0.25) is 0 Å². The summed E-state index contributed by atoms with van der Waals surface area (Å²) >= 11 is 0. The van der Waals surface area contributed by atoms with Crippen molar-refractivity contribution in [3.8, 4) is 5.75 Å². The molecule has 4 nitrogen and oxygen atoms in total. The minimum absolute atomic E-state index is 0.418. The van der Waals surface area contributed by atoms with Gasteiger partial charge < -0.3 is 4.74 Å². The third kappa shape index (κ3) is 3.00. The van der Waals surface area contributed by atoms with Crippen molar-refractivity contribution in [3.63, 3.8) is 0 Å². The second-order valence-corrected chi connectivity index (χ2v) is 5.35. The van der Waals surface area contributed by atoms with Crippen LogP contribution < -0.4 is 4.74 Å². The summed E-state index contributed by atoms with van der Waals surface area (Å²) in [6.07, 6.45) is 2.94. The number of methoxy groups -OCH3 is 1. The van der Waals surface area contributed by atoms with Gasteiger partial charge in [-0.25, -0.2) is 0 Å². The van der Waals surface area contributed by atoms with E-state index in [1.54, 1.807) is 7.11 Å². The first-order valence-electron chi connectivity index (χ1n) is 7.09. The molecule has 0 aliphatic carbocycles. The zero-order valence-electron chi connectivity index (χ0n) is 13.0. The summed E-state index contributed by atoms with van der Waals surface area (Å²) in [4.78, 5) is 0. The Kier molecular flexibility index (Phi) is 4.42. The van der Waals surface area contributed by atoms with E-state index in [9.17, 15) is 0 Å². The zero-order valence-corrected chi connectivity index (χ0v) is 13.0. The number of hydrogen-bond donors (Lipinski definition) is 0. The normalized spacial score (nSPS) is 12.4. The zero-order chi connectivity index (χ0) is 14.7. The van der Waals surface area contributed by atoms with Gasteiger partial charge in [-0.2, -0.15) is 0 Å². The van der Waals surface area contributed by atoms with E-state index in [4.69, 9.17) is 4.74 Å². The smallest absolute Gasteiger partial charge is 0.122 e. The minimum atomic E-state index is 0.418. The summed E-state index contributed by atoms with van der Waals surface area (Å²) in [5.41, 5.74) is 4.85. The maximum Gasteiger partial charge on any atom is 0.122 e. The van der Waals surface area contributed by atoms with Crippen molar-refractivity contribution in [1.29, 1.82) is 0 Å². The van der Waals surface area contributed by atoms with Crippen LogP contribution >= 0.6 is 0 Å². The van der Waals surface area contributed by atoms with E-state index in [2.05, 4.69) is 50.1 Å². The lowest BCUT2D eigenvalue weighted by molar-refractivity contribution is 0.411. The molecule has 0 radical (unpaired) electrons. The van der Waals surface area contributed by atoms with Gasteiger partial charge in [-0.15, -0.1) is 5.10 Å². The molecule has 1 aromatic heterocycles. The molecule has 0 fully saturated rings. The number of aryl methyl sites for hydroxylation is 3. The van der Waals surface area contributed by atoms with Gasteiger partial charge in [-0.05, 0) is 55.9 Å². The molecule has 1 unspecified atom stereocenters. The molecule has 108 valence electrons. The lowest BCUT2D eigenvalue weighted by Crippen LogP contribution is -2.03. The summed E-state index contributed by atoms with van der Waals surface area (Å²) in [5.74, 6) is 1.37. The molecule has 2 aromatic rings. The van der Waals surface area contributed by atoms with E-state index in [0.717, 1.165) is 24.4 Å². The molecule has 0 saturated carbocycles. The molecule has 0 aliphatic rings. The Hall–Kier alpha value is -1.84. The monoisotopic (exact) mass is 273 g/mol. The molecule has 0 spiro atoms. The fourth-order valence-electron chi connectivity index (χ4n) is 2.57. The van der Waals surface area contributed by atoms with Gasteiger partial charge >= 0.3 is 0 Å². The highest BCUT2D eigenvalue weighted by atomic mass is 16.5. The quantitative estimate of drug-likeness (QED) is 0.839. The van der Waals surface area contributed by atoms with Crippen LogP contribution in [0.2, 0.25) is 0 Å². The molecule has 1 heterocycles. The number of ether oxygens (including phenoxy) is 1. The Morgan fingerprint density at radius 1 is 1.25 bits per heavy atom. The molecule has 0 aliphatic heterocycles. The molecular weight excluding hydrogens is 250 g/mol. The van der Waals surface area contributed by atoms with E-state index < -0.39 is 0 Å². The molecule has 0 N–H and O–H groups in total. The van der Waals surface area contributed by atoms with E-state index in [-0.39, 0.29) is 0 Å². The van der Waals surface area contributed by atoms with Crippen molar-refractivity contribution in [2.45, 2.75) is 46.6 Å². The maximum absolute atomic E-state index is 5.37. The van der Waals surface area contributed by atoms with Crippen molar-refractivity contribution in [2.24, 2.45) is 0 Å². The second-order valence-electron chi connectivity index (χ2n) is 5.35. The lowest BCUT2D eigenvalue weighted by Gasteiger charge is -2.16.